The zero-order chi connectivity index (χ0) is 17.5. The van der Waals surface area contributed by atoms with Crippen molar-refractivity contribution in [2.45, 2.75) is 52.6 Å². The number of aliphatic carboxylic acids is 1. The van der Waals surface area contributed by atoms with Crippen molar-refractivity contribution in [2.75, 3.05) is 11.9 Å². The molecule has 0 aliphatic rings. The Balaban J connectivity index is 2.90. The molecule has 2 N–H and O–H groups in total. The summed E-state index contributed by atoms with van der Waals surface area (Å²) in [7, 11) is 0. The number of carbonyl (C=O) groups excluding carboxylic acids is 1. The van der Waals surface area contributed by atoms with Gasteiger partial charge in [0.2, 0.25) is 0 Å². The van der Waals surface area contributed by atoms with Gasteiger partial charge in [-0.25, -0.2) is 4.79 Å². The Morgan fingerprint density at radius 2 is 1.96 bits per heavy atom. The molecule has 0 spiro atoms. The van der Waals surface area contributed by atoms with E-state index in [1.807, 2.05) is 6.92 Å². The van der Waals surface area contributed by atoms with Gasteiger partial charge in [0.1, 0.15) is 11.4 Å². The standard InChI is InChI=1S/C17H25NO5/c1-5-10-22-14-8-6-12(7-9-15(19)20)11-13(14)18-16(21)23-17(2,3)4/h6,8,11H,5,7,9-10H2,1-4H3,(H,18,21)(H,19,20). The second-order valence-electron chi connectivity index (χ2n) is 6.20. The lowest BCUT2D eigenvalue weighted by molar-refractivity contribution is -0.136. The van der Waals surface area contributed by atoms with Crippen LogP contribution >= 0.6 is 0 Å². The number of carbonyl (C=O) groups is 2. The Bertz CT molecular complexity index is 548. The summed E-state index contributed by atoms with van der Waals surface area (Å²) < 4.78 is 10.9. The van der Waals surface area contributed by atoms with E-state index in [2.05, 4.69) is 5.32 Å². The van der Waals surface area contributed by atoms with Crippen LogP contribution in [-0.2, 0) is 16.0 Å². The number of benzene rings is 1. The summed E-state index contributed by atoms with van der Waals surface area (Å²) in [6, 6.07) is 5.26. The zero-order valence-electron chi connectivity index (χ0n) is 14.1. The molecule has 1 rings (SSSR count). The summed E-state index contributed by atoms with van der Waals surface area (Å²) in [6.07, 6.45) is 0.675. The molecule has 0 fully saturated rings. The fourth-order valence-electron chi connectivity index (χ4n) is 1.83. The van der Waals surface area contributed by atoms with Gasteiger partial charge in [-0.05, 0) is 51.3 Å². The first-order valence-corrected chi connectivity index (χ1v) is 7.69. The van der Waals surface area contributed by atoms with Gasteiger partial charge in [0, 0.05) is 6.42 Å². The summed E-state index contributed by atoms with van der Waals surface area (Å²) in [4.78, 5) is 22.6. The van der Waals surface area contributed by atoms with Gasteiger partial charge < -0.3 is 14.6 Å². The van der Waals surface area contributed by atoms with Gasteiger partial charge in [-0.1, -0.05) is 13.0 Å². The minimum atomic E-state index is -0.863. The third-order valence-corrected chi connectivity index (χ3v) is 2.77. The minimum absolute atomic E-state index is 0.0288. The number of carboxylic acids is 1. The summed E-state index contributed by atoms with van der Waals surface area (Å²) in [5.74, 6) is -0.324. The number of ether oxygens (including phenoxy) is 2. The zero-order valence-corrected chi connectivity index (χ0v) is 14.1. The monoisotopic (exact) mass is 323 g/mol. The van der Waals surface area contributed by atoms with Crippen molar-refractivity contribution in [2.24, 2.45) is 0 Å². The first-order chi connectivity index (χ1) is 10.7. The predicted octanol–water partition coefficient (Wildman–Crippen LogP) is 3.84. The number of amides is 1. The molecule has 0 aromatic heterocycles. The third kappa shape index (κ3) is 7.54. The Morgan fingerprint density at radius 3 is 2.52 bits per heavy atom. The predicted molar refractivity (Wildman–Crippen MR) is 88.0 cm³/mol. The Labute approximate surface area is 136 Å². The molecule has 0 atom stereocenters. The van der Waals surface area contributed by atoms with Crippen molar-refractivity contribution in [1.82, 2.24) is 0 Å². The largest absolute Gasteiger partial charge is 0.491 e. The first kappa shape index (κ1) is 18.8. The number of hydrogen-bond acceptors (Lipinski definition) is 4. The van der Waals surface area contributed by atoms with Crippen molar-refractivity contribution in [3.05, 3.63) is 23.8 Å². The molecule has 1 amide bonds. The SMILES string of the molecule is CCCOc1ccc(CCC(=O)O)cc1NC(=O)OC(C)(C)C. The summed E-state index contributed by atoms with van der Waals surface area (Å²) in [6.45, 7) is 7.86. The molecular weight excluding hydrogens is 298 g/mol. The number of rotatable bonds is 7. The number of anilines is 1. The summed E-state index contributed by atoms with van der Waals surface area (Å²) in [5.41, 5.74) is 0.688. The fourth-order valence-corrected chi connectivity index (χ4v) is 1.83. The van der Waals surface area contributed by atoms with E-state index in [1.54, 1.807) is 39.0 Å². The molecule has 0 saturated carbocycles. The van der Waals surface area contributed by atoms with Gasteiger partial charge in [0.05, 0.1) is 12.3 Å². The van der Waals surface area contributed by atoms with Crippen LogP contribution in [0.15, 0.2) is 18.2 Å². The Morgan fingerprint density at radius 1 is 1.26 bits per heavy atom. The molecule has 0 unspecified atom stereocenters. The van der Waals surface area contributed by atoms with Crippen LogP contribution < -0.4 is 10.1 Å². The summed E-state index contributed by atoms with van der Waals surface area (Å²) in [5, 5.41) is 11.4. The highest BCUT2D eigenvalue weighted by molar-refractivity contribution is 5.87. The van der Waals surface area contributed by atoms with E-state index in [4.69, 9.17) is 14.6 Å². The second-order valence-corrected chi connectivity index (χ2v) is 6.20. The maximum absolute atomic E-state index is 11.9. The van der Waals surface area contributed by atoms with Crippen LogP contribution in [0.4, 0.5) is 10.5 Å². The normalized spacial score (nSPS) is 11.0. The van der Waals surface area contributed by atoms with Crippen molar-refractivity contribution >= 4 is 17.7 Å². The molecular formula is C17H25NO5. The Hall–Kier alpha value is -2.24. The second kappa shape index (κ2) is 8.41. The number of nitrogens with one attached hydrogen (secondary N) is 1. The molecule has 6 heteroatoms. The van der Waals surface area contributed by atoms with Gasteiger partial charge >= 0.3 is 12.1 Å². The van der Waals surface area contributed by atoms with E-state index in [1.165, 1.54) is 0 Å². The maximum Gasteiger partial charge on any atom is 0.412 e. The van der Waals surface area contributed by atoms with E-state index < -0.39 is 17.7 Å². The molecule has 0 aliphatic heterocycles. The number of hydrogen-bond donors (Lipinski definition) is 2. The highest BCUT2D eigenvalue weighted by Crippen LogP contribution is 2.27. The van der Waals surface area contributed by atoms with Crippen molar-refractivity contribution in [3.63, 3.8) is 0 Å². The molecule has 0 heterocycles. The van der Waals surface area contributed by atoms with E-state index in [0.29, 0.717) is 24.5 Å². The highest BCUT2D eigenvalue weighted by atomic mass is 16.6. The van der Waals surface area contributed by atoms with Crippen molar-refractivity contribution in [3.8, 4) is 5.75 Å². The van der Waals surface area contributed by atoms with Crippen LogP contribution in [0.5, 0.6) is 5.75 Å². The molecule has 23 heavy (non-hydrogen) atoms. The van der Waals surface area contributed by atoms with Gasteiger partial charge in [-0.2, -0.15) is 0 Å². The molecule has 0 bridgehead atoms. The molecule has 1 aromatic carbocycles. The van der Waals surface area contributed by atoms with Gasteiger partial charge in [-0.3, -0.25) is 10.1 Å². The van der Waals surface area contributed by atoms with Crippen molar-refractivity contribution in [1.29, 1.82) is 0 Å². The average molecular weight is 323 g/mol. The van der Waals surface area contributed by atoms with Gasteiger partial charge in [-0.15, -0.1) is 0 Å². The molecule has 6 nitrogen and oxygen atoms in total. The van der Waals surface area contributed by atoms with E-state index in [-0.39, 0.29) is 6.42 Å². The lowest BCUT2D eigenvalue weighted by Gasteiger charge is -2.20. The lowest BCUT2D eigenvalue weighted by Crippen LogP contribution is -2.27. The van der Waals surface area contributed by atoms with Crippen LogP contribution in [0.2, 0.25) is 0 Å². The van der Waals surface area contributed by atoms with Gasteiger partial charge in [0.25, 0.3) is 0 Å². The third-order valence-electron chi connectivity index (χ3n) is 2.77. The first-order valence-electron chi connectivity index (χ1n) is 7.69. The van der Waals surface area contributed by atoms with Crippen LogP contribution in [0.1, 0.15) is 46.1 Å². The van der Waals surface area contributed by atoms with E-state index in [9.17, 15) is 9.59 Å². The molecule has 128 valence electrons. The van der Waals surface area contributed by atoms with Crippen molar-refractivity contribution < 1.29 is 24.2 Å². The molecule has 1 aromatic rings. The van der Waals surface area contributed by atoms with Gasteiger partial charge in [0.15, 0.2) is 0 Å². The summed E-state index contributed by atoms with van der Waals surface area (Å²) >= 11 is 0. The number of carboxylic acid groups (broad SMARTS) is 1. The van der Waals surface area contributed by atoms with Crippen LogP contribution in [-0.4, -0.2) is 29.4 Å². The van der Waals surface area contributed by atoms with E-state index >= 15 is 0 Å². The Kier molecular flexibility index (Phi) is 6.88. The quantitative estimate of drug-likeness (QED) is 0.796. The lowest BCUT2D eigenvalue weighted by atomic mass is 10.1. The van der Waals surface area contributed by atoms with E-state index in [0.717, 1.165) is 12.0 Å². The molecule has 0 radical (unpaired) electrons. The minimum Gasteiger partial charge on any atom is -0.491 e. The average Bonchev–Trinajstić information content (AvgIpc) is 2.42. The van der Waals surface area contributed by atoms with Crippen LogP contribution in [0.25, 0.3) is 0 Å². The molecule has 0 saturated heterocycles. The highest BCUT2D eigenvalue weighted by Gasteiger charge is 2.18. The number of aryl methyl sites for hydroxylation is 1. The van der Waals surface area contributed by atoms with Crippen LogP contribution in [0.3, 0.4) is 0 Å². The smallest absolute Gasteiger partial charge is 0.412 e. The fraction of sp³-hybridized carbons (Fsp3) is 0.529. The van der Waals surface area contributed by atoms with Crippen LogP contribution in [0, 0.1) is 0 Å². The topological polar surface area (TPSA) is 84.9 Å². The molecule has 0 aliphatic carbocycles. The maximum atomic E-state index is 11.9.